The van der Waals surface area contributed by atoms with E-state index in [1.54, 1.807) is 19.3 Å². The summed E-state index contributed by atoms with van der Waals surface area (Å²) in [5, 5.41) is 17.2. The van der Waals surface area contributed by atoms with E-state index >= 15 is 0 Å². The van der Waals surface area contributed by atoms with Gasteiger partial charge in [-0.2, -0.15) is 0 Å². The van der Waals surface area contributed by atoms with Crippen LogP contribution in [0.2, 0.25) is 0 Å². The lowest BCUT2D eigenvalue weighted by Crippen LogP contribution is -2.37. The van der Waals surface area contributed by atoms with Crippen molar-refractivity contribution in [1.82, 2.24) is 24.9 Å². The van der Waals surface area contributed by atoms with Crippen LogP contribution in [0, 0.1) is 0 Å². The minimum atomic E-state index is -0.682. The molecule has 1 N–H and O–H groups in total. The standard InChI is InChI=1S/C16H22N6O2/c1-13(23)14-11-22(19-18-14)12-16(24)21-8-4-7-20(9-10-21)15-5-2-3-6-17-15/h2-3,5-6,11,13,23H,4,7-10,12H2,1H3. The molecular formula is C16H22N6O2. The van der Waals surface area contributed by atoms with Gasteiger partial charge in [0.25, 0.3) is 0 Å². The summed E-state index contributed by atoms with van der Waals surface area (Å²) in [7, 11) is 0. The summed E-state index contributed by atoms with van der Waals surface area (Å²) in [5.74, 6) is 0.963. The average molecular weight is 330 g/mol. The highest BCUT2D eigenvalue weighted by Crippen LogP contribution is 2.13. The third-order valence-electron chi connectivity index (χ3n) is 4.10. The second kappa shape index (κ2) is 7.39. The van der Waals surface area contributed by atoms with Crippen molar-refractivity contribution in [2.45, 2.75) is 26.0 Å². The van der Waals surface area contributed by atoms with E-state index in [1.165, 1.54) is 4.68 Å². The van der Waals surface area contributed by atoms with Crippen molar-refractivity contribution in [3.63, 3.8) is 0 Å². The zero-order valence-corrected chi connectivity index (χ0v) is 13.7. The van der Waals surface area contributed by atoms with Crippen LogP contribution >= 0.6 is 0 Å². The highest BCUT2D eigenvalue weighted by molar-refractivity contribution is 5.76. The van der Waals surface area contributed by atoms with Crippen molar-refractivity contribution in [2.75, 3.05) is 31.1 Å². The molecule has 0 aromatic carbocycles. The highest BCUT2D eigenvalue weighted by atomic mass is 16.3. The first kappa shape index (κ1) is 16.4. The Balaban J connectivity index is 1.58. The van der Waals surface area contributed by atoms with Crippen LogP contribution in [0.15, 0.2) is 30.6 Å². The number of hydrogen-bond acceptors (Lipinski definition) is 6. The topological polar surface area (TPSA) is 87.4 Å². The molecule has 1 aliphatic rings. The minimum absolute atomic E-state index is 0.0138. The first-order chi connectivity index (χ1) is 11.6. The van der Waals surface area contributed by atoms with Gasteiger partial charge < -0.3 is 14.9 Å². The van der Waals surface area contributed by atoms with Crippen LogP contribution in [0.4, 0.5) is 5.82 Å². The summed E-state index contributed by atoms with van der Waals surface area (Å²) in [6, 6.07) is 5.86. The summed E-state index contributed by atoms with van der Waals surface area (Å²) in [6.07, 6.45) is 3.62. The van der Waals surface area contributed by atoms with Gasteiger partial charge in [-0.25, -0.2) is 9.67 Å². The molecule has 2 aromatic heterocycles. The number of aliphatic hydroxyl groups excluding tert-OH is 1. The average Bonchev–Trinajstić information content (AvgIpc) is 2.91. The van der Waals surface area contributed by atoms with Gasteiger partial charge in [0, 0.05) is 32.4 Å². The molecule has 2 aromatic rings. The fourth-order valence-corrected chi connectivity index (χ4v) is 2.76. The van der Waals surface area contributed by atoms with E-state index < -0.39 is 6.10 Å². The zero-order chi connectivity index (χ0) is 16.9. The monoisotopic (exact) mass is 330 g/mol. The number of nitrogens with zero attached hydrogens (tertiary/aromatic N) is 6. The zero-order valence-electron chi connectivity index (χ0n) is 13.7. The van der Waals surface area contributed by atoms with Gasteiger partial charge in [-0.05, 0) is 25.5 Å². The van der Waals surface area contributed by atoms with E-state index in [0.29, 0.717) is 12.2 Å². The molecule has 8 nitrogen and oxygen atoms in total. The third kappa shape index (κ3) is 3.88. The molecule has 0 saturated carbocycles. The van der Waals surface area contributed by atoms with E-state index in [0.717, 1.165) is 31.9 Å². The number of aromatic nitrogens is 4. The Morgan fingerprint density at radius 1 is 1.29 bits per heavy atom. The summed E-state index contributed by atoms with van der Waals surface area (Å²) < 4.78 is 1.48. The Labute approximate surface area is 140 Å². The summed E-state index contributed by atoms with van der Waals surface area (Å²) in [6.45, 7) is 4.79. The van der Waals surface area contributed by atoms with Crippen LogP contribution in [-0.4, -0.2) is 62.1 Å². The van der Waals surface area contributed by atoms with Gasteiger partial charge in [0.05, 0.1) is 12.3 Å². The molecule has 8 heteroatoms. The number of amides is 1. The van der Waals surface area contributed by atoms with Gasteiger partial charge >= 0.3 is 0 Å². The van der Waals surface area contributed by atoms with Gasteiger partial charge in [-0.3, -0.25) is 4.79 Å². The number of anilines is 1. The molecule has 1 unspecified atom stereocenters. The third-order valence-corrected chi connectivity index (χ3v) is 4.10. The van der Waals surface area contributed by atoms with Crippen LogP contribution in [-0.2, 0) is 11.3 Å². The van der Waals surface area contributed by atoms with Gasteiger partial charge in [0.1, 0.15) is 18.1 Å². The van der Waals surface area contributed by atoms with Gasteiger partial charge in [-0.1, -0.05) is 11.3 Å². The Morgan fingerprint density at radius 2 is 2.17 bits per heavy atom. The van der Waals surface area contributed by atoms with Gasteiger partial charge in [0.2, 0.25) is 5.91 Å². The fourth-order valence-electron chi connectivity index (χ4n) is 2.76. The Morgan fingerprint density at radius 3 is 2.88 bits per heavy atom. The van der Waals surface area contributed by atoms with Crippen molar-refractivity contribution in [3.05, 3.63) is 36.3 Å². The van der Waals surface area contributed by atoms with Crippen LogP contribution in [0.3, 0.4) is 0 Å². The number of rotatable bonds is 4. The fraction of sp³-hybridized carbons (Fsp3) is 0.500. The molecule has 3 rings (SSSR count). The molecule has 0 spiro atoms. The molecule has 3 heterocycles. The largest absolute Gasteiger partial charge is 0.387 e. The molecule has 1 fully saturated rings. The minimum Gasteiger partial charge on any atom is -0.387 e. The normalized spacial score (nSPS) is 16.8. The number of pyridine rings is 1. The second-order valence-corrected chi connectivity index (χ2v) is 5.93. The van der Waals surface area contributed by atoms with Crippen molar-refractivity contribution in [2.24, 2.45) is 0 Å². The molecule has 0 radical (unpaired) electrons. The molecule has 1 amide bonds. The molecule has 0 bridgehead atoms. The van der Waals surface area contributed by atoms with Crippen LogP contribution in [0.5, 0.6) is 0 Å². The number of carbonyl (C=O) groups excluding carboxylic acids is 1. The maximum Gasteiger partial charge on any atom is 0.244 e. The highest BCUT2D eigenvalue weighted by Gasteiger charge is 2.20. The summed E-state index contributed by atoms with van der Waals surface area (Å²) in [5.41, 5.74) is 0.472. The Bertz CT molecular complexity index is 672. The van der Waals surface area contributed by atoms with Crippen molar-refractivity contribution >= 4 is 11.7 Å². The van der Waals surface area contributed by atoms with Crippen LogP contribution < -0.4 is 4.90 Å². The van der Waals surface area contributed by atoms with E-state index in [9.17, 15) is 9.90 Å². The predicted molar refractivity (Wildman–Crippen MR) is 88.3 cm³/mol. The van der Waals surface area contributed by atoms with E-state index in [-0.39, 0.29) is 12.5 Å². The molecule has 128 valence electrons. The number of hydrogen-bond donors (Lipinski definition) is 1. The van der Waals surface area contributed by atoms with Crippen LogP contribution in [0.25, 0.3) is 0 Å². The van der Waals surface area contributed by atoms with Crippen molar-refractivity contribution < 1.29 is 9.90 Å². The van der Waals surface area contributed by atoms with Crippen molar-refractivity contribution in [3.8, 4) is 0 Å². The smallest absolute Gasteiger partial charge is 0.244 e. The van der Waals surface area contributed by atoms with Gasteiger partial charge in [0.15, 0.2) is 0 Å². The molecular weight excluding hydrogens is 308 g/mol. The number of carbonyl (C=O) groups is 1. The maximum absolute atomic E-state index is 12.5. The molecule has 24 heavy (non-hydrogen) atoms. The van der Waals surface area contributed by atoms with Crippen LogP contribution in [0.1, 0.15) is 25.1 Å². The Kier molecular flexibility index (Phi) is 5.05. The molecule has 1 saturated heterocycles. The first-order valence-electron chi connectivity index (χ1n) is 8.15. The van der Waals surface area contributed by atoms with E-state index in [2.05, 4.69) is 20.2 Å². The summed E-state index contributed by atoms with van der Waals surface area (Å²) in [4.78, 5) is 20.9. The van der Waals surface area contributed by atoms with Gasteiger partial charge in [-0.15, -0.1) is 5.10 Å². The molecule has 0 aliphatic carbocycles. The van der Waals surface area contributed by atoms with E-state index in [1.807, 2.05) is 23.1 Å². The van der Waals surface area contributed by atoms with E-state index in [4.69, 9.17) is 0 Å². The van der Waals surface area contributed by atoms with Crippen molar-refractivity contribution in [1.29, 1.82) is 0 Å². The lowest BCUT2D eigenvalue weighted by atomic mass is 10.3. The predicted octanol–water partition coefficient (Wildman–Crippen LogP) is 0.465. The molecule has 1 aliphatic heterocycles. The lowest BCUT2D eigenvalue weighted by Gasteiger charge is -2.22. The second-order valence-electron chi connectivity index (χ2n) is 5.93. The maximum atomic E-state index is 12.5. The number of aliphatic hydroxyl groups is 1. The molecule has 1 atom stereocenters. The SMILES string of the molecule is CC(O)c1cn(CC(=O)N2CCCN(c3ccccn3)CC2)nn1. The Hall–Kier alpha value is -2.48. The lowest BCUT2D eigenvalue weighted by molar-refractivity contribution is -0.131. The quantitative estimate of drug-likeness (QED) is 0.877. The summed E-state index contributed by atoms with van der Waals surface area (Å²) >= 11 is 0. The first-order valence-corrected chi connectivity index (χ1v) is 8.15.